The molecular weight excluding hydrogens is 305 g/mol. The molecule has 1 aromatic carbocycles. The van der Waals surface area contributed by atoms with E-state index in [0.717, 1.165) is 0 Å². The maximum absolute atomic E-state index is 10.9. The minimum absolute atomic E-state index is 0.00369. The number of benzene rings is 1. The van der Waals surface area contributed by atoms with Gasteiger partial charge in [-0.3, -0.25) is 0 Å². The van der Waals surface area contributed by atoms with E-state index in [1.165, 1.54) is 0 Å². The SMILES string of the molecule is O=C(O)c1c(Cl)c(Cl)c(Cl)c(Cl)c1CCl. The molecule has 0 aliphatic carbocycles. The summed E-state index contributed by atoms with van der Waals surface area (Å²) in [5.41, 5.74) is -0.0590. The molecule has 0 atom stereocenters. The third-order valence-corrected chi connectivity index (χ3v) is 3.82. The largest absolute Gasteiger partial charge is 0.478 e. The van der Waals surface area contributed by atoms with Crippen molar-refractivity contribution in [1.29, 1.82) is 0 Å². The molecule has 0 heterocycles. The molecule has 0 bridgehead atoms. The second-order valence-corrected chi connectivity index (χ2v) is 4.33. The molecule has 0 saturated heterocycles. The number of carbonyl (C=O) groups is 1. The topological polar surface area (TPSA) is 37.3 Å². The second-order valence-electron chi connectivity index (χ2n) is 2.55. The van der Waals surface area contributed by atoms with Crippen LogP contribution in [0.4, 0.5) is 0 Å². The lowest BCUT2D eigenvalue weighted by atomic mass is 10.1. The molecule has 0 fully saturated rings. The average Bonchev–Trinajstić information content (AvgIpc) is 2.19. The van der Waals surface area contributed by atoms with Crippen molar-refractivity contribution in [3.05, 3.63) is 31.2 Å². The monoisotopic (exact) mass is 306 g/mol. The number of hydrogen-bond donors (Lipinski definition) is 1. The fraction of sp³-hybridized carbons (Fsp3) is 0.125. The first-order chi connectivity index (χ1) is 6.91. The van der Waals surface area contributed by atoms with Crippen molar-refractivity contribution in [3.8, 4) is 0 Å². The van der Waals surface area contributed by atoms with E-state index in [0.29, 0.717) is 0 Å². The standard InChI is InChI=1S/C8H3Cl5O2/c9-1-2-3(8(14)15)5(11)7(13)6(12)4(2)10/h1H2,(H,14,15). The van der Waals surface area contributed by atoms with E-state index in [4.69, 9.17) is 63.1 Å². The zero-order valence-corrected chi connectivity index (χ0v) is 10.7. The normalized spacial score (nSPS) is 10.5. The van der Waals surface area contributed by atoms with Crippen molar-refractivity contribution in [1.82, 2.24) is 0 Å². The Morgan fingerprint density at radius 2 is 1.47 bits per heavy atom. The lowest BCUT2D eigenvalue weighted by Crippen LogP contribution is -2.04. The summed E-state index contributed by atoms with van der Waals surface area (Å²) in [6.45, 7) is 0. The molecule has 0 aliphatic rings. The third kappa shape index (κ3) is 2.29. The summed E-state index contributed by atoms with van der Waals surface area (Å²) in [6, 6.07) is 0. The van der Waals surface area contributed by atoms with Gasteiger partial charge < -0.3 is 5.11 Å². The van der Waals surface area contributed by atoms with Crippen molar-refractivity contribution >= 4 is 64.0 Å². The summed E-state index contributed by atoms with van der Waals surface area (Å²) in [5.74, 6) is -1.37. The van der Waals surface area contributed by atoms with Crippen LogP contribution >= 0.6 is 58.0 Å². The summed E-state index contributed by atoms with van der Waals surface area (Å²) >= 11 is 28.6. The summed E-state index contributed by atoms with van der Waals surface area (Å²) < 4.78 is 0. The third-order valence-electron chi connectivity index (χ3n) is 1.71. The zero-order valence-electron chi connectivity index (χ0n) is 6.95. The first-order valence-electron chi connectivity index (χ1n) is 3.55. The summed E-state index contributed by atoms with van der Waals surface area (Å²) in [4.78, 5) is 10.9. The molecule has 0 aliphatic heterocycles. The van der Waals surface area contributed by atoms with E-state index in [1.54, 1.807) is 0 Å². The van der Waals surface area contributed by atoms with E-state index >= 15 is 0 Å². The number of halogens is 5. The molecule has 15 heavy (non-hydrogen) atoms. The van der Waals surface area contributed by atoms with E-state index in [-0.39, 0.29) is 37.1 Å². The van der Waals surface area contributed by atoms with E-state index in [1.807, 2.05) is 0 Å². The van der Waals surface area contributed by atoms with Gasteiger partial charge in [-0.15, -0.1) is 11.6 Å². The maximum Gasteiger partial charge on any atom is 0.337 e. The summed E-state index contributed by atoms with van der Waals surface area (Å²) in [7, 11) is 0. The van der Waals surface area contributed by atoms with Gasteiger partial charge >= 0.3 is 5.97 Å². The summed E-state index contributed by atoms with van der Waals surface area (Å²) in [5, 5.41) is 8.68. The lowest BCUT2D eigenvalue weighted by molar-refractivity contribution is 0.0696. The minimum Gasteiger partial charge on any atom is -0.478 e. The van der Waals surface area contributed by atoms with Crippen LogP contribution in [0.15, 0.2) is 0 Å². The lowest BCUT2D eigenvalue weighted by Gasteiger charge is -2.11. The highest BCUT2D eigenvalue weighted by Crippen LogP contribution is 2.41. The van der Waals surface area contributed by atoms with Crippen LogP contribution in [0.5, 0.6) is 0 Å². The van der Waals surface area contributed by atoms with Crippen molar-refractivity contribution in [2.75, 3.05) is 0 Å². The molecule has 1 N–H and O–H groups in total. The smallest absolute Gasteiger partial charge is 0.337 e. The van der Waals surface area contributed by atoms with Gasteiger partial charge in [0.25, 0.3) is 0 Å². The molecule has 0 unspecified atom stereocenters. The fourth-order valence-electron chi connectivity index (χ4n) is 1.03. The number of carboxylic acids is 1. The van der Waals surface area contributed by atoms with E-state index in [2.05, 4.69) is 0 Å². The molecule has 0 amide bonds. The Hall–Kier alpha value is 0.140. The summed E-state index contributed by atoms with van der Waals surface area (Å²) in [6.07, 6.45) is 0. The van der Waals surface area contributed by atoms with E-state index in [9.17, 15) is 4.79 Å². The van der Waals surface area contributed by atoms with Crippen LogP contribution in [0, 0.1) is 0 Å². The van der Waals surface area contributed by atoms with Crippen molar-refractivity contribution in [2.45, 2.75) is 5.88 Å². The van der Waals surface area contributed by atoms with Crippen LogP contribution in [-0.2, 0) is 5.88 Å². The van der Waals surface area contributed by atoms with Crippen LogP contribution in [0.3, 0.4) is 0 Å². The Bertz CT molecular complexity index is 430. The Kier molecular flexibility index (Phi) is 4.38. The van der Waals surface area contributed by atoms with Gasteiger partial charge in [-0.25, -0.2) is 4.79 Å². The number of aromatic carboxylic acids is 1. The molecule has 0 aromatic heterocycles. The quantitative estimate of drug-likeness (QED) is 0.487. The van der Waals surface area contributed by atoms with Crippen LogP contribution < -0.4 is 0 Å². The average molecular weight is 308 g/mol. The van der Waals surface area contributed by atoms with Gasteiger partial charge in [0, 0.05) is 11.4 Å². The molecule has 1 rings (SSSR count). The van der Waals surface area contributed by atoms with Crippen LogP contribution in [-0.4, -0.2) is 11.1 Å². The van der Waals surface area contributed by atoms with Crippen molar-refractivity contribution in [2.24, 2.45) is 0 Å². The molecule has 82 valence electrons. The number of hydrogen-bond acceptors (Lipinski definition) is 1. The predicted octanol–water partition coefficient (Wildman–Crippen LogP) is 4.74. The predicted molar refractivity (Wildman–Crippen MR) is 63.0 cm³/mol. The Balaban J connectivity index is 3.70. The first kappa shape index (κ1) is 13.2. The van der Waals surface area contributed by atoms with Crippen LogP contribution in [0.2, 0.25) is 20.1 Å². The van der Waals surface area contributed by atoms with Gasteiger partial charge in [-0.1, -0.05) is 46.4 Å². The molecule has 0 spiro atoms. The van der Waals surface area contributed by atoms with Crippen LogP contribution in [0.1, 0.15) is 15.9 Å². The fourth-order valence-corrected chi connectivity index (χ4v) is 2.40. The molecule has 0 saturated carbocycles. The van der Waals surface area contributed by atoms with Gasteiger partial charge in [0.05, 0.1) is 25.7 Å². The van der Waals surface area contributed by atoms with Gasteiger partial charge in [-0.2, -0.15) is 0 Å². The molecule has 1 aromatic rings. The van der Waals surface area contributed by atoms with Crippen molar-refractivity contribution in [3.63, 3.8) is 0 Å². The first-order valence-corrected chi connectivity index (χ1v) is 5.60. The Morgan fingerprint density at radius 1 is 1.00 bits per heavy atom. The number of alkyl halides is 1. The number of rotatable bonds is 2. The van der Waals surface area contributed by atoms with Gasteiger partial charge in [0.15, 0.2) is 0 Å². The van der Waals surface area contributed by atoms with Gasteiger partial charge in [-0.05, 0) is 0 Å². The maximum atomic E-state index is 10.9. The van der Waals surface area contributed by atoms with Crippen LogP contribution in [0.25, 0.3) is 0 Å². The highest BCUT2D eigenvalue weighted by molar-refractivity contribution is 6.53. The molecule has 7 heteroatoms. The van der Waals surface area contributed by atoms with Crippen molar-refractivity contribution < 1.29 is 9.90 Å². The number of carboxylic acid groups (broad SMARTS) is 1. The minimum atomic E-state index is -1.25. The Morgan fingerprint density at radius 3 is 1.87 bits per heavy atom. The Labute approximate surface area is 111 Å². The highest BCUT2D eigenvalue weighted by Gasteiger charge is 2.23. The zero-order chi connectivity index (χ0) is 11.7. The van der Waals surface area contributed by atoms with Gasteiger partial charge in [0.1, 0.15) is 0 Å². The molecule has 2 nitrogen and oxygen atoms in total. The van der Waals surface area contributed by atoms with Gasteiger partial charge in [0.2, 0.25) is 0 Å². The molecular formula is C8H3Cl5O2. The van der Waals surface area contributed by atoms with E-state index < -0.39 is 5.97 Å². The highest BCUT2D eigenvalue weighted by atomic mass is 35.5. The second kappa shape index (κ2) is 4.98. The molecule has 0 radical (unpaired) electrons.